The molecule has 0 aliphatic carbocycles. The summed E-state index contributed by atoms with van der Waals surface area (Å²) < 4.78 is 5.01. The largest absolute Gasteiger partial charge is 0.480 e. The molecule has 0 bridgehead atoms. The Bertz CT molecular complexity index is 154. The number of ether oxygens (including phenoxy) is 1. The normalized spacial score (nSPS) is 26.4. The number of carboxylic acid groups (broad SMARTS) is 1. The van der Waals surface area contributed by atoms with Gasteiger partial charge >= 0.3 is 5.97 Å². The third-order valence-corrected chi connectivity index (χ3v) is 2.20. The monoisotopic (exact) mass is 202 g/mol. The molecule has 5 nitrogen and oxygen atoms in total. The van der Waals surface area contributed by atoms with Crippen LogP contribution in [0.15, 0.2) is 0 Å². The maximum atomic E-state index is 10.1. The summed E-state index contributed by atoms with van der Waals surface area (Å²) >= 11 is 0. The van der Waals surface area contributed by atoms with E-state index in [-0.39, 0.29) is 6.04 Å². The maximum absolute atomic E-state index is 10.1. The fourth-order valence-electron chi connectivity index (χ4n) is 1.41. The summed E-state index contributed by atoms with van der Waals surface area (Å²) in [6, 6.07) is -0.269. The number of hydrogen-bond donors (Lipinski definition) is 3. The molecule has 0 saturated carbocycles. The summed E-state index contributed by atoms with van der Waals surface area (Å²) in [6.45, 7) is 4.69. The van der Waals surface area contributed by atoms with Crippen molar-refractivity contribution in [1.29, 1.82) is 0 Å². The summed E-state index contributed by atoms with van der Waals surface area (Å²) in [5.41, 5.74) is 0. The molecule has 2 aliphatic rings. The number of carboxylic acids is 1. The van der Waals surface area contributed by atoms with Crippen LogP contribution >= 0.6 is 0 Å². The Kier molecular flexibility index (Phi) is 5.51. The molecule has 2 aliphatic heterocycles. The smallest absolute Gasteiger partial charge is 0.320 e. The second-order valence-electron chi connectivity index (χ2n) is 3.35. The van der Waals surface area contributed by atoms with Crippen molar-refractivity contribution in [3.05, 3.63) is 0 Å². The quantitative estimate of drug-likeness (QED) is 0.531. The highest BCUT2D eigenvalue weighted by molar-refractivity contribution is 5.73. The Morgan fingerprint density at radius 1 is 1.29 bits per heavy atom. The summed E-state index contributed by atoms with van der Waals surface area (Å²) in [5, 5.41) is 14.4. The Hall–Kier alpha value is -0.650. The SMILES string of the molecule is C1COCCN1.O=C(O)[C@@H]1CCCN1. The highest BCUT2D eigenvalue weighted by Gasteiger charge is 2.20. The molecule has 0 spiro atoms. The van der Waals surface area contributed by atoms with Crippen LogP contribution in [0.2, 0.25) is 0 Å². The standard InChI is InChI=1S/C5H9NO2.C4H9NO/c7-5(8)4-2-1-3-6-4;1-3-6-4-2-5-1/h4,6H,1-3H2,(H,7,8);5H,1-4H2/t4-;/m0./s1. The molecule has 0 radical (unpaired) electrons. The molecule has 2 heterocycles. The molecule has 0 unspecified atom stereocenters. The molecule has 5 heteroatoms. The van der Waals surface area contributed by atoms with Gasteiger partial charge in [-0.15, -0.1) is 0 Å². The number of morpholine rings is 1. The van der Waals surface area contributed by atoms with E-state index in [0.717, 1.165) is 45.7 Å². The van der Waals surface area contributed by atoms with Crippen LogP contribution in [0, 0.1) is 0 Å². The molecule has 0 aromatic heterocycles. The third kappa shape index (κ3) is 4.55. The van der Waals surface area contributed by atoms with Gasteiger partial charge in [-0.3, -0.25) is 4.79 Å². The van der Waals surface area contributed by atoms with Gasteiger partial charge in [0.15, 0.2) is 0 Å². The number of rotatable bonds is 1. The van der Waals surface area contributed by atoms with Crippen LogP contribution < -0.4 is 10.6 Å². The predicted octanol–water partition coefficient (Wildman–Crippen LogP) is -0.571. The van der Waals surface area contributed by atoms with Crippen molar-refractivity contribution in [2.75, 3.05) is 32.8 Å². The van der Waals surface area contributed by atoms with Gasteiger partial charge in [0.2, 0.25) is 0 Å². The average Bonchev–Trinajstić information content (AvgIpc) is 2.74. The van der Waals surface area contributed by atoms with Crippen molar-refractivity contribution in [3.8, 4) is 0 Å². The molecule has 3 N–H and O–H groups in total. The Labute approximate surface area is 83.8 Å². The van der Waals surface area contributed by atoms with Crippen LogP contribution in [0.1, 0.15) is 12.8 Å². The highest BCUT2D eigenvalue weighted by atomic mass is 16.5. The number of aliphatic carboxylic acids is 1. The molecule has 2 saturated heterocycles. The minimum absolute atomic E-state index is 0.269. The van der Waals surface area contributed by atoms with Crippen molar-refractivity contribution in [3.63, 3.8) is 0 Å². The highest BCUT2D eigenvalue weighted by Crippen LogP contribution is 2.03. The second-order valence-corrected chi connectivity index (χ2v) is 3.35. The van der Waals surface area contributed by atoms with E-state index < -0.39 is 5.97 Å². The fraction of sp³-hybridized carbons (Fsp3) is 0.889. The van der Waals surface area contributed by atoms with E-state index in [1.54, 1.807) is 0 Å². The van der Waals surface area contributed by atoms with Crippen molar-refractivity contribution in [2.24, 2.45) is 0 Å². The summed E-state index contributed by atoms with van der Waals surface area (Å²) in [5.74, 6) is -0.720. The number of nitrogens with one attached hydrogen (secondary N) is 2. The number of carbonyl (C=O) groups is 1. The van der Waals surface area contributed by atoms with E-state index in [9.17, 15) is 4.79 Å². The van der Waals surface area contributed by atoms with Crippen molar-refractivity contribution in [1.82, 2.24) is 10.6 Å². The third-order valence-electron chi connectivity index (χ3n) is 2.20. The zero-order valence-electron chi connectivity index (χ0n) is 8.29. The van der Waals surface area contributed by atoms with Gasteiger partial charge in [-0.05, 0) is 19.4 Å². The summed E-state index contributed by atoms with van der Waals surface area (Å²) in [6.07, 6.45) is 1.78. The van der Waals surface area contributed by atoms with Crippen LogP contribution in [-0.2, 0) is 9.53 Å². The molecule has 2 fully saturated rings. The molecule has 0 aromatic carbocycles. The Morgan fingerprint density at radius 3 is 2.21 bits per heavy atom. The minimum Gasteiger partial charge on any atom is -0.480 e. The lowest BCUT2D eigenvalue weighted by Gasteiger charge is -2.10. The van der Waals surface area contributed by atoms with Crippen molar-refractivity contribution < 1.29 is 14.6 Å². The van der Waals surface area contributed by atoms with E-state index in [2.05, 4.69) is 10.6 Å². The average molecular weight is 202 g/mol. The van der Waals surface area contributed by atoms with Crippen LogP contribution in [0.4, 0.5) is 0 Å². The van der Waals surface area contributed by atoms with E-state index in [1.807, 2.05) is 0 Å². The lowest BCUT2D eigenvalue weighted by atomic mass is 10.2. The fourth-order valence-corrected chi connectivity index (χ4v) is 1.41. The molecule has 82 valence electrons. The first-order valence-corrected chi connectivity index (χ1v) is 5.05. The van der Waals surface area contributed by atoms with Gasteiger partial charge in [0.25, 0.3) is 0 Å². The first-order valence-electron chi connectivity index (χ1n) is 5.05. The molecule has 14 heavy (non-hydrogen) atoms. The predicted molar refractivity (Wildman–Crippen MR) is 52.3 cm³/mol. The maximum Gasteiger partial charge on any atom is 0.320 e. The van der Waals surface area contributed by atoms with Gasteiger partial charge in [0.05, 0.1) is 13.2 Å². The van der Waals surface area contributed by atoms with Crippen molar-refractivity contribution in [2.45, 2.75) is 18.9 Å². The first kappa shape index (κ1) is 11.4. The van der Waals surface area contributed by atoms with Gasteiger partial charge in [0.1, 0.15) is 6.04 Å². The van der Waals surface area contributed by atoms with Crippen molar-refractivity contribution >= 4 is 5.97 Å². The van der Waals surface area contributed by atoms with Gasteiger partial charge in [-0.25, -0.2) is 0 Å². The summed E-state index contributed by atoms with van der Waals surface area (Å²) in [7, 11) is 0. The summed E-state index contributed by atoms with van der Waals surface area (Å²) in [4.78, 5) is 10.1. The van der Waals surface area contributed by atoms with E-state index >= 15 is 0 Å². The Morgan fingerprint density at radius 2 is 2.00 bits per heavy atom. The van der Waals surface area contributed by atoms with Crippen LogP contribution in [-0.4, -0.2) is 50.0 Å². The van der Waals surface area contributed by atoms with Crippen LogP contribution in [0.3, 0.4) is 0 Å². The zero-order chi connectivity index (χ0) is 10.2. The molecule has 0 aromatic rings. The zero-order valence-corrected chi connectivity index (χ0v) is 8.29. The van der Waals surface area contributed by atoms with E-state index in [0.29, 0.717) is 0 Å². The lowest BCUT2D eigenvalue weighted by Crippen LogP contribution is -2.30. The molecular weight excluding hydrogens is 184 g/mol. The second kappa shape index (κ2) is 6.75. The van der Waals surface area contributed by atoms with Crippen LogP contribution in [0.25, 0.3) is 0 Å². The molecular formula is C9H18N2O3. The molecule has 1 atom stereocenters. The minimum atomic E-state index is -0.720. The van der Waals surface area contributed by atoms with E-state index in [4.69, 9.17) is 9.84 Å². The van der Waals surface area contributed by atoms with Gasteiger partial charge < -0.3 is 20.5 Å². The number of hydrogen-bond acceptors (Lipinski definition) is 4. The van der Waals surface area contributed by atoms with E-state index in [1.165, 1.54) is 0 Å². The van der Waals surface area contributed by atoms with Gasteiger partial charge in [-0.2, -0.15) is 0 Å². The topological polar surface area (TPSA) is 70.6 Å². The molecule has 0 amide bonds. The van der Waals surface area contributed by atoms with Gasteiger partial charge in [-0.1, -0.05) is 0 Å². The Balaban J connectivity index is 0.000000146. The first-order chi connectivity index (χ1) is 6.80. The molecule has 2 rings (SSSR count). The lowest BCUT2D eigenvalue weighted by molar-refractivity contribution is -0.139. The van der Waals surface area contributed by atoms with Crippen LogP contribution in [0.5, 0.6) is 0 Å². The van der Waals surface area contributed by atoms with Gasteiger partial charge in [0, 0.05) is 13.1 Å².